The van der Waals surface area contributed by atoms with Crippen LogP contribution in [0, 0.1) is 0 Å². The molecule has 2 aromatic rings. The molecule has 0 unspecified atom stereocenters. The smallest absolute Gasteiger partial charge is 0.338 e. The van der Waals surface area contributed by atoms with Gasteiger partial charge in [0.15, 0.2) is 6.61 Å². The molecule has 1 aliphatic heterocycles. The number of hydrogen-bond acceptors (Lipinski definition) is 5. The van der Waals surface area contributed by atoms with E-state index in [0.29, 0.717) is 16.6 Å². The molecule has 6 heteroatoms. The second-order valence-electron chi connectivity index (χ2n) is 5.63. The third kappa shape index (κ3) is 3.83. The van der Waals surface area contributed by atoms with Gasteiger partial charge in [0, 0.05) is 25.5 Å². The number of hydrogen-bond donors (Lipinski definition) is 0. The molecule has 2 heterocycles. The van der Waals surface area contributed by atoms with E-state index in [-0.39, 0.29) is 12.5 Å². The first-order valence-electron chi connectivity index (χ1n) is 7.90. The summed E-state index contributed by atoms with van der Waals surface area (Å²) in [6.07, 6.45) is 7.51. The molecule has 1 aromatic heterocycles. The minimum Gasteiger partial charge on any atom is -0.452 e. The van der Waals surface area contributed by atoms with E-state index in [4.69, 9.17) is 4.74 Å². The van der Waals surface area contributed by atoms with E-state index >= 15 is 0 Å². The average molecular weight is 313 g/mol. The van der Waals surface area contributed by atoms with Crippen molar-refractivity contribution in [1.82, 2.24) is 14.9 Å². The molecule has 0 atom stereocenters. The molecule has 1 saturated heterocycles. The van der Waals surface area contributed by atoms with Crippen LogP contribution in [0.3, 0.4) is 0 Å². The zero-order valence-corrected chi connectivity index (χ0v) is 12.9. The summed E-state index contributed by atoms with van der Waals surface area (Å²) in [5, 5.41) is 0. The Hall–Kier alpha value is -2.50. The number of rotatable bonds is 3. The summed E-state index contributed by atoms with van der Waals surface area (Å²) in [6, 6.07) is 4.98. The molecule has 1 amide bonds. The summed E-state index contributed by atoms with van der Waals surface area (Å²) >= 11 is 0. The second-order valence-corrected chi connectivity index (χ2v) is 5.63. The van der Waals surface area contributed by atoms with Crippen LogP contribution >= 0.6 is 0 Å². The first-order chi connectivity index (χ1) is 11.2. The van der Waals surface area contributed by atoms with Crippen molar-refractivity contribution in [3.8, 4) is 0 Å². The van der Waals surface area contributed by atoms with E-state index in [0.717, 1.165) is 38.8 Å². The van der Waals surface area contributed by atoms with Crippen molar-refractivity contribution < 1.29 is 14.3 Å². The number of nitrogens with zero attached hydrogens (tertiary/aromatic N) is 3. The number of aromatic nitrogens is 2. The maximum absolute atomic E-state index is 12.1. The molecule has 1 aromatic carbocycles. The van der Waals surface area contributed by atoms with Crippen molar-refractivity contribution >= 4 is 22.9 Å². The number of amides is 1. The number of esters is 1. The van der Waals surface area contributed by atoms with E-state index in [1.807, 2.05) is 0 Å². The summed E-state index contributed by atoms with van der Waals surface area (Å²) in [7, 11) is 0. The van der Waals surface area contributed by atoms with Gasteiger partial charge in [0.05, 0.1) is 16.6 Å². The van der Waals surface area contributed by atoms with Crippen LogP contribution in [0.4, 0.5) is 0 Å². The van der Waals surface area contributed by atoms with Gasteiger partial charge in [-0.15, -0.1) is 0 Å². The van der Waals surface area contributed by atoms with Crippen LogP contribution in [0.1, 0.15) is 36.0 Å². The number of fused-ring (bicyclic) bond motifs is 1. The Bertz CT molecular complexity index is 709. The molecule has 1 fully saturated rings. The van der Waals surface area contributed by atoms with Gasteiger partial charge < -0.3 is 9.64 Å². The molecule has 3 rings (SSSR count). The van der Waals surface area contributed by atoms with Crippen LogP contribution in [0.5, 0.6) is 0 Å². The number of carbonyl (C=O) groups excluding carboxylic acids is 2. The lowest BCUT2D eigenvalue weighted by molar-refractivity contribution is -0.134. The lowest BCUT2D eigenvalue weighted by Gasteiger charge is -2.19. The fraction of sp³-hybridized carbons (Fsp3) is 0.412. The van der Waals surface area contributed by atoms with Crippen LogP contribution in [0.25, 0.3) is 11.0 Å². The topological polar surface area (TPSA) is 72.4 Å². The Balaban J connectivity index is 1.60. The van der Waals surface area contributed by atoms with Crippen molar-refractivity contribution in [3.05, 3.63) is 36.2 Å². The largest absolute Gasteiger partial charge is 0.452 e. The van der Waals surface area contributed by atoms with Crippen LogP contribution < -0.4 is 0 Å². The van der Waals surface area contributed by atoms with Gasteiger partial charge in [-0.1, -0.05) is 12.8 Å². The predicted octanol–water partition coefficient (Wildman–Crippen LogP) is 2.19. The van der Waals surface area contributed by atoms with Gasteiger partial charge in [-0.25, -0.2) is 4.79 Å². The Morgan fingerprint density at radius 2 is 1.70 bits per heavy atom. The molecule has 6 nitrogen and oxygen atoms in total. The summed E-state index contributed by atoms with van der Waals surface area (Å²) < 4.78 is 5.15. The number of carbonyl (C=O) groups is 2. The highest BCUT2D eigenvalue weighted by Crippen LogP contribution is 2.13. The molecule has 1 aliphatic rings. The summed E-state index contributed by atoms with van der Waals surface area (Å²) in [5.74, 6) is -0.637. The number of likely N-dealkylation sites (tertiary alicyclic amines) is 1. The van der Waals surface area contributed by atoms with Crippen LogP contribution in [0.15, 0.2) is 30.6 Å². The van der Waals surface area contributed by atoms with Crippen LogP contribution in [-0.4, -0.2) is 46.4 Å². The minimum absolute atomic E-state index is 0.124. The molecule has 120 valence electrons. The normalized spacial score (nSPS) is 15.2. The average Bonchev–Trinajstić information content (AvgIpc) is 2.88. The van der Waals surface area contributed by atoms with Gasteiger partial charge in [-0.3, -0.25) is 14.8 Å². The Kier molecular flexibility index (Phi) is 4.80. The molecule has 0 aliphatic carbocycles. The van der Waals surface area contributed by atoms with Crippen LogP contribution in [-0.2, 0) is 9.53 Å². The molecule has 0 spiro atoms. The first kappa shape index (κ1) is 15.4. The quantitative estimate of drug-likeness (QED) is 0.812. The monoisotopic (exact) mass is 313 g/mol. The molecule has 0 radical (unpaired) electrons. The minimum atomic E-state index is -0.513. The van der Waals surface area contributed by atoms with Crippen molar-refractivity contribution in [2.24, 2.45) is 0 Å². The standard InChI is InChI=1S/C17H19N3O3/c21-16(20-9-3-1-2-4-10-20)12-23-17(22)13-5-6-14-15(11-13)19-8-7-18-14/h5-8,11H,1-4,9-10,12H2. The van der Waals surface area contributed by atoms with E-state index in [9.17, 15) is 9.59 Å². The van der Waals surface area contributed by atoms with Crippen molar-refractivity contribution in [2.75, 3.05) is 19.7 Å². The Morgan fingerprint density at radius 3 is 2.43 bits per heavy atom. The highest BCUT2D eigenvalue weighted by atomic mass is 16.5. The fourth-order valence-electron chi connectivity index (χ4n) is 2.71. The maximum Gasteiger partial charge on any atom is 0.338 e. The lowest BCUT2D eigenvalue weighted by atomic mass is 10.2. The highest BCUT2D eigenvalue weighted by molar-refractivity contribution is 5.94. The summed E-state index contributed by atoms with van der Waals surface area (Å²) in [6.45, 7) is 1.29. The maximum atomic E-state index is 12.1. The van der Waals surface area contributed by atoms with Gasteiger partial charge in [-0.2, -0.15) is 0 Å². The first-order valence-corrected chi connectivity index (χ1v) is 7.90. The predicted molar refractivity (Wildman–Crippen MR) is 84.9 cm³/mol. The number of ether oxygens (including phenoxy) is 1. The van der Waals surface area contributed by atoms with Gasteiger partial charge in [0.2, 0.25) is 0 Å². The third-order valence-corrected chi connectivity index (χ3v) is 3.99. The molecular weight excluding hydrogens is 294 g/mol. The number of benzene rings is 1. The third-order valence-electron chi connectivity index (χ3n) is 3.99. The Labute approximate surface area is 134 Å². The summed E-state index contributed by atoms with van der Waals surface area (Å²) in [5.41, 5.74) is 1.71. The Morgan fingerprint density at radius 1 is 1.00 bits per heavy atom. The van der Waals surface area contributed by atoms with Crippen LogP contribution in [0.2, 0.25) is 0 Å². The molecule has 0 saturated carbocycles. The lowest BCUT2D eigenvalue weighted by Crippen LogP contribution is -2.35. The van der Waals surface area contributed by atoms with E-state index < -0.39 is 5.97 Å². The SMILES string of the molecule is O=C(OCC(=O)N1CCCCCC1)c1ccc2nccnc2c1. The van der Waals surface area contributed by atoms with Crippen molar-refractivity contribution in [3.63, 3.8) is 0 Å². The van der Waals surface area contributed by atoms with E-state index in [1.165, 1.54) is 0 Å². The van der Waals surface area contributed by atoms with E-state index in [2.05, 4.69) is 9.97 Å². The fourth-order valence-corrected chi connectivity index (χ4v) is 2.71. The molecule has 0 N–H and O–H groups in total. The van der Waals surface area contributed by atoms with Gasteiger partial charge in [-0.05, 0) is 31.0 Å². The molecule has 0 bridgehead atoms. The van der Waals surface area contributed by atoms with Crippen molar-refractivity contribution in [2.45, 2.75) is 25.7 Å². The van der Waals surface area contributed by atoms with E-state index in [1.54, 1.807) is 35.5 Å². The second kappa shape index (κ2) is 7.17. The summed E-state index contributed by atoms with van der Waals surface area (Å²) in [4.78, 5) is 34.3. The van der Waals surface area contributed by atoms with Gasteiger partial charge >= 0.3 is 5.97 Å². The zero-order chi connectivity index (χ0) is 16.1. The molecule has 23 heavy (non-hydrogen) atoms. The molecular formula is C17H19N3O3. The highest BCUT2D eigenvalue weighted by Gasteiger charge is 2.18. The van der Waals surface area contributed by atoms with Crippen molar-refractivity contribution in [1.29, 1.82) is 0 Å². The van der Waals surface area contributed by atoms with Gasteiger partial charge in [0.25, 0.3) is 5.91 Å². The zero-order valence-electron chi connectivity index (χ0n) is 12.9. The van der Waals surface area contributed by atoms with Gasteiger partial charge in [0.1, 0.15) is 0 Å².